The zero-order chi connectivity index (χ0) is 17.6. The second-order valence-electron chi connectivity index (χ2n) is 5.44. The van der Waals surface area contributed by atoms with Crippen molar-refractivity contribution < 1.29 is 9.21 Å². The van der Waals surface area contributed by atoms with Gasteiger partial charge in [-0.25, -0.2) is 0 Å². The number of aromatic nitrogens is 2. The van der Waals surface area contributed by atoms with Crippen LogP contribution in [0.2, 0.25) is 0 Å². The van der Waals surface area contributed by atoms with Crippen molar-refractivity contribution in [1.29, 1.82) is 0 Å². The molecule has 0 aliphatic heterocycles. The lowest BCUT2D eigenvalue weighted by Gasteiger charge is -2.07. The van der Waals surface area contributed by atoms with E-state index in [4.69, 9.17) is 4.42 Å². The van der Waals surface area contributed by atoms with Crippen LogP contribution in [0, 0.1) is 6.92 Å². The normalized spacial score (nSPS) is 10.6. The van der Waals surface area contributed by atoms with E-state index in [9.17, 15) is 4.79 Å². The van der Waals surface area contributed by atoms with Crippen LogP contribution in [0.1, 0.15) is 17.0 Å². The van der Waals surface area contributed by atoms with Gasteiger partial charge in [-0.15, -0.1) is 10.2 Å². The molecule has 2 aromatic carbocycles. The quantitative estimate of drug-likeness (QED) is 0.599. The minimum absolute atomic E-state index is 0.127. The van der Waals surface area contributed by atoms with Crippen LogP contribution in [0.25, 0.3) is 0 Å². The Bertz CT molecular complexity index is 868. The summed E-state index contributed by atoms with van der Waals surface area (Å²) in [6.45, 7) is 1.99. The maximum Gasteiger partial charge on any atom is 0.277 e. The molecule has 0 fully saturated rings. The third kappa shape index (κ3) is 5.17. The first-order valence-electron chi connectivity index (χ1n) is 7.65. The Kier molecular flexibility index (Phi) is 5.88. The highest BCUT2D eigenvalue weighted by Crippen LogP contribution is 2.24. The van der Waals surface area contributed by atoms with Gasteiger partial charge in [0.2, 0.25) is 11.8 Å². The van der Waals surface area contributed by atoms with Crippen LogP contribution in [0.15, 0.2) is 62.6 Å². The molecule has 1 aromatic heterocycles. The molecule has 0 saturated heterocycles. The number of amides is 1. The molecule has 5 nitrogen and oxygen atoms in total. The number of benzene rings is 2. The van der Waals surface area contributed by atoms with E-state index in [0.29, 0.717) is 17.5 Å². The number of nitrogens with one attached hydrogen (secondary N) is 1. The fourth-order valence-corrected chi connectivity index (χ4v) is 3.35. The van der Waals surface area contributed by atoms with E-state index >= 15 is 0 Å². The second-order valence-corrected chi connectivity index (χ2v) is 7.23. The Balaban J connectivity index is 1.52. The molecule has 0 unspecified atom stereocenters. The molecule has 0 spiro atoms. The molecule has 128 valence electrons. The summed E-state index contributed by atoms with van der Waals surface area (Å²) in [7, 11) is 0. The van der Waals surface area contributed by atoms with Gasteiger partial charge in [-0.3, -0.25) is 4.79 Å². The van der Waals surface area contributed by atoms with Crippen molar-refractivity contribution in [3.05, 3.63) is 70.0 Å². The average Bonchev–Trinajstić information content (AvgIpc) is 3.04. The van der Waals surface area contributed by atoms with E-state index in [2.05, 4.69) is 31.4 Å². The summed E-state index contributed by atoms with van der Waals surface area (Å²) >= 11 is 4.66. The minimum atomic E-state index is -0.127. The summed E-state index contributed by atoms with van der Waals surface area (Å²) in [5, 5.41) is 11.2. The summed E-state index contributed by atoms with van der Waals surface area (Å²) < 4.78 is 6.43. The fourth-order valence-electron chi connectivity index (χ4n) is 2.17. The molecular weight excluding hydrogens is 402 g/mol. The third-order valence-electron chi connectivity index (χ3n) is 3.37. The van der Waals surface area contributed by atoms with E-state index in [-0.39, 0.29) is 11.7 Å². The van der Waals surface area contributed by atoms with Crippen molar-refractivity contribution in [2.24, 2.45) is 0 Å². The first kappa shape index (κ1) is 17.7. The van der Waals surface area contributed by atoms with E-state index in [1.807, 2.05) is 55.5 Å². The van der Waals surface area contributed by atoms with Crippen LogP contribution < -0.4 is 5.32 Å². The lowest BCUT2D eigenvalue weighted by atomic mass is 10.2. The molecule has 1 N–H and O–H groups in total. The van der Waals surface area contributed by atoms with Gasteiger partial charge in [0.1, 0.15) is 0 Å². The molecule has 7 heteroatoms. The van der Waals surface area contributed by atoms with E-state index in [0.717, 1.165) is 21.3 Å². The molecule has 1 heterocycles. The van der Waals surface area contributed by atoms with Crippen molar-refractivity contribution in [3.63, 3.8) is 0 Å². The Morgan fingerprint density at radius 3 is 2.76 bits per heavy atom. The lowest BCUT2D eigenvalue weighted by molar-refractivity contribution is -0.113. The van der Waals surface area contributed by atoms with Crippen LogP contribution in [0.3, 0.4) is 0 Å². The summed E-state index contributed by atoms with van der Waals surface area (Å²) in [5.41, 5.74) is 2.97. The van der Waals surface area contributed by atoms with E-state index in [1.54, 1.807) is 0 Å². The number of halogens is 1. The Labute approximate surface area is 158 Å². The topological polar surface area (TPSA) is 68.0 Å². The summed E-state index contributed by atoms with van der Waals surface area (Å²) in [6, 6.07) is 15.7. The molecule has 0 bridgehead atoms. The molecule has 0 aliphatic carbocycles. The number of thioether (sulfide) groups is 1. The number of hydrogen-bond donors (Lipinski definition) is 1. The molecule has 0 atom stereocenters. The van der Waals surface area contributed by atoms with Gasteiger partial charge in [-0.1, -0.05) is 48.2 Å². The molecule has 1 amide bonds. The summed E-state index contributed by atoms with van der Waals surface area (Å²) in [4.78, 5) is 12.1. The van der Waals surface area contributed by atoms with Crippen molar-refractivity contribution >= 4 is 39.3 Å². The SMILES string of the molecule is Cc1ccc(NC(=O)CSc2nnc(Cc3ccccc3)o2)c(Br)c1. The predicted molar refractivity (Wildman–Crippen MR) is 102 cm³/mol. The average molecular weight is 418 g/mol. The van der Waals surface area contributed by atoms with Gasteiger partial charge in [0.05, 0.1) is 17.9 Å². The Morgan fingerprint density at radius 1 is 1.20 bits per heavy atom. The molecule has 0 radical (unpaired) electrons. The molecular formula is C18H16BrN3O2S. The number of nitrogens with zero attached hydrogens (tertiary/aromatic N) is 2. The maximum atomic E-state index is 12.1. The lowest BCUT2D eigenvalue weighted by Crippen LogP contribution is -2.14. The van der Waals surface area contributed by atoms with Gasteiger partial charge < -0.3 is 9.73 Å². The highest BCUT2D eigenvalue weighted by molar-refractivity contribution is 9.10. The van der Waals surface area contributed by atoms with Gasteiger partial charge >= 0.3 is 0 Å². The van der Waals surface area contributed by atoms with Crippen LogP contribution in [-0.4, -0.2) is 21.9 Å². The second kappa shape index (κ2) is 8.31. The van der Waals surface area contributed by atoms with Gasteiger partial charge in [0, 0.05) is 4.47 Å². The molecule has 25 heavy (non-hydrogen) atoms. The van der Waals surface area contributed by atoms with Crippen LogP contribution in [0.5, 0.6) is 0 Å². The molecule has 0 aliphatic rings. The number of anilines is 1. The fraction of sp³-hybridized carbons (Fsp3) is 0.167. The molecule has 0 saturated carbocycles. The highest BCUT2D eigenvalue weighted by atomic mass is 79.9. The van der Waals surface area contributed by atoms with Crippen LogP contribution in [0.4, 0.5) is 5.69 Å². The van der Waals surface area contributed by atoms with Gasteiger partial charge in [-0.2, -0.15) is 0 Å². The Hall–Kier alpha value is -2.12. The van der Waals surface area contributed by atoms with Crippen molar-refractivity contribution in [2.75, 3.05) is 11.1 Å². The largest absolute Gasteiger partial charge is 0.416 e. The predicted octanol–water partition coefficient (Wildman–Crippen LogP) is 4.46. The number of rotatable bonds is 6. The molecule has 3 rings (SSSR count). The third-order valence-corrected chi connectivity index (χ3v) is 4.85. The standard InChI is InChI=1S/C18H16BrN3O2S/c1-12-7-8-15(14(19)9-12)20-16(23)11-25-18-22-21-17(24-18)10-13-5-3-2-4-6-13/h2-9H,10-11H2,1H3,(H,20,23). The van der Waals surface area contributed by atoms with Crippen molar-refractivity contribution in [3.8, 4) is 0 Å². The minimum Gasteiger partial charge on any atom is -0.416 e. The maximum absolute atomic E-state index is 12.1. The summed E-state index contributed by atoms with van der Waals surface area (Å²) in [6.07, 6.45) is 0.580. The van der Waals surface area contributed by atoms with Crippen LogP contribution >= 0.6 is 27.7 Å². The number of carbonyl (C=O) groups is 1. The van der Waals surface area contributed by atoms with Gasteiger partial charge in [0.15, 0.2) is 0 Å². The monoisotopic (exact) mass is 417 g/mol. The summed E-state index contributed by atoms with van der Waals surface area (Å²) in [5.74, 6) is 0.612. The van der Waals surface area contributed by atoms with Crippen molar-refractivity contribution in [1.82, 2.24) is 10.2 Å². The first-order chi connectivity index (χ1) is 12.1. The number of aryl methyl sites for hydroxylation is 1. The van der Waals surface area contributed by atoms with E-state index in [1.165, 1.54) is 11.8 Å². The number of carbonyl (C=O) groups excluding carboxylic acids is 1. The molecule has 3 aromatic rings. The van der Waals surface area contributed by atoms with Crippen LogP contribution in [-0.2, 0) is 11.2 Å². The first-order valence-corrected chi connectivity index (χ1v) is 9.43. The smallest absolute Gasteiger partial charge is 0.277 e. The Morgan fingerprint density at radius 2 is 2.00 bits per heavy atom. The number of hydrogen-bond acceptors (Lipinski definition) is 5. The zero-order valence-electron chi connectivity index (χ0n) is 13.5. The van der Waals surface area contributed by atoms with Crippen molar-refractivity contribution in [2.45, 2.75) is 18.6 Å². The van der Waals surface area contributed by atoms with Gasteiger partial charge in [0.25, 0.3) is 5.22 Å². The van der Waals surface area contributed by atoms with E-state index < -0.39 is 0 Å². The zero-order valence-corrected chi connectivity index (χ0v) is 15.9. The highest BCUT2D eigenvalue weighted by Gasteiger charge is 2.11. The van der Waals surface area contributed by atoms with Gasteiger partial charge in [-0.05, 0) is 46.1 Å².